The van der Waals surface area contributed by atoms with Crippen molar-refractivity contribution in [1.29, 1.82) is 0 Å². The van der Waals surface area contributed by atoms with Crippen LogP contribution in [0.4, 0.5) is 11.5 Å². The normalized spacial score (nSPS) is 11.8. The van der Waals surface area contributed by atoms with Gasteiger partial charge in [-0.1, -0.05) is 36.4 Å². The molecule has 0 amide bonds. The minimum Gasteiger partial charge on any atom is -0.338 e. The summed E-state index contributed by atoms with van der Waals surface area (Å²) in [7, 11) is 0. The summed E-state index contributed by atoms with van der Waals surface area (Å²) in [6, 6.07) is 20.5. The smallest absolute Gasteiger partial charge is 0.154 e. The predicted octanol–water partition coefficient (Wildman–Crippen LogP) is 5.73. The van der Waals surface area contributed by atoms with Crippen molar-refractivity contribution in [1.82, 2.24) is 14.5 Å². The number of rotatable bonds is 1. The summed E-state index contributed by atoms with van der Waals surface area (Å²) < 4.78 is 3.05. The van der Waals surface area contributed by atoms with Crippen molar-refractivity contribution in [3.63, 3.8) is 0 Å². The Morgan fingerprint density at radius 2 is 1.69 bits per heavy atom. The summed E-state index contributed by atoms with van der Waals surface area (Å²) in [5, 5.41) is 3.44. The number of para-hydroxylation sites is 1. The lowest BCUT2D eigenvalue weighted by molar-refractivity contribution is 1.04. The van der Waals surface area contributed by atoms with Gasteiger partial charge >= 0.3 is 0 Å². The zero-order valence-electron chi connectivity index (χ0n) is 14.1. The summed E-state index contributed by atoms with van der Waals surface area (Å²) >= 11 is 3.81. The van der Waals surface area contributed by atoms with Gasteiger partial charge in [-0.2, -0.15) is 0 Å². The molecule has 0 saturated carbocycles. The molecule has 26 heavy (non-hydrogen) atoms. The fourth-order valence-corrected chi connectivity index (χ4v) is 4.06. The molecule has 1 aliphatic heterocycles. The molecule has 126 valence electrons. The van der Waals surface area contributed by atoms with Crippen molar-refractivity contribution in [2.24, 2.45) is 0 Å². The van der Waals surface area contributed by atoms with E-state index in [1.165, 1.54) is 5.56 Å². The molecule has 0 spiro atoms. The number of nitrogens with one attached hydrogen (secondary N) is 1. The van der Waals surface area contributed by atoms with Gasteiger partial charge in [0.05, 0.1) is 11.4 Å². The Kier molecular flexibility index (Phi) is 3.43. The lowest BCUT2D eigenvalue weighted by atomic mass is 10.1. The Morgan fingerprint density at radius 3 is 2.54 bits per heavy atom. The number of imidazole rings is 1. The average Bonchev–Trinajstić information content (AvgIpc) is 2.92. The van der Waals surface area contributed by atoms with Crippen LogP contribution in [0, 0.1) is 6.92 Å². The molecule has 0 radical (unpaired) electrons. The van der Waals surface area contributed by atoms with Gasteiger partial charge in [0.15, 0.2) is 5.82 Å². The van der Waals surface area contributed by atoms with Gasteiger partial charge in [-0.15, -0.1) is 0 Å². The topological polar surface area (TPSA) is 42.7 Å². The SMILES string of the molecule is Cc1ccccc1-c1nc2n(c1Br)-c1cccnc1Nc1ccccc1-2. The largest absolute Gasteiger partial charge is 0.338 e. The molecule has 0 aliphatic carbocycles. The van der Waals surface area contributed by atoms with E-state index >= 15 is 0 Å². The second-order valence-corrected chi connectivity index (χ2v) is 7.02. The molecule has 4 aromatic rings. The Morgan fingerprint density at radius 1 is 0.923 bits per heavy atom. The van der Waals surface area contributed by atoms with Gasteiger partial charge in [-0.3, -0.25) is 4.57 Å². The molecule has 0 bridgehead atoms. The third-order valence-electron chi connectivity index (χ3n) is 4.67. The molecule has 0 unspecified atom stereocenters. The number of hydrogen-bond acceptors (Lipinski definition) is 3. The van der Waals surface area contributed by atoms with E-state index < -0.39 is 0 Å². The van der Waals surface area contributed by atoms with Gasteiger partial charge in [-0.25, -0.2) is 9.97 Å². The van der Waals surface area contributed by atoms with Crippen LogP contribution < -0.4 is 5.32 Å². The van der Waals surface area contributed by atoms with E-state index in [0.717, 1.165) is 44.4 Å². The summed E-state index contributed by atoms with van der Waals surface area (Å²) in [6.07, 6.45) is 1.80. The molecule has 2 aromatic heterocycles. The van der Waals surface area contributed by atoms with Crippen LogP contribution in [0.15, 0.2) is 71.5 Å². The minimum atomic E-state index is 0.813. The molecule has 1 aliphatic rings. The van der Waals surface area contributed by atoms with Crippen LogP contribution in [-0.4, -0.2) is 14.5 Å². The van der Waals surface area contributed by atoms with E-state index in [0.29, 0.717) is 0 Å². The molecule has 2 aromatic carbocycles. The number of benzene rings is 2. The average molecular weight is 403 g/mol. The maximum atomic E-state index is 5.03. The highest BCUT2D eigenvalue weighted by Gasteiger charge is 2.26. The van der Waals surface area contributed by atoms with E-state index in [4.69, 9.17) is 4.98 Å². The number of nitrogens with zero attached hydrogens (tertiary/aromatic N) is 3. The summed E-state index contributed by atoms with van der Waals surface area (Å²) in [5.74, 6) is 1.71. The van der Waals surface area contributed by atoms with Gasteiger partial charge in [0, 0.05) is 17.3 Å². The Hall–Kier alpha value is -2.92. The molecule has 0 saturated heterocycles. The zero-order valence-corrected chi connectivity index (χ0v) is 15.7. The molecule has 4 nitrogen and oxygen atoms in total. The number of pyridine rings is 1. The first-order valence-electron chi connectivity index (χ1n) is 8.40. The van der Waals surface area contributed by atoms with Crippen LogP contribution in [0.25, 0.3) is 28.3 Å². The van der Waals surface area contributed by atoms with Crippen LogP contribution in [0.3, 0.4) is 0 Å². The third kappa shape index (κ3) is 2.21. The van der Waals surface area contributed by atoms with Crippen molar-refractivity contribution >= 4 is 27.4 Å². The molecule has 3 heterocycles. The fraction of sp³-hybridized carbons (Fsp3) is 0.0476. The van der Waals surface area contributed by atoms with E-state index in [1.54, 1.807) is 6.20 Å². The first kappa shape index (κ1) is 15.3. The summed E-state index contributed by atoms with van der Waals surface area (Å²) in [5.41, 5.74) is 6.27. The van der Waals surface area contributed by atoms with Crippen molar-refractivity contribution in [3.8, 4) is 28.3 Å². The molecule has 1 N–H and O–H groups in total. The number of aryl methyl sites for hydroxylation is 1. The molecular weight excluding hydrogens is 388 g/mol. The van der Waals surface area contributed by atoms with Gasteiger partial charge in [0.25, 0.3) is 0 Å². The predicted molar refractivity (Wildman–Crippen MR) is 108 cm³/mol. The van der Waals surface area contributed by atoms with Crippen molar-refractivity contribution in [2.45, 2.75) is 6.92 Å². The Balaban J connectivity index is 1.88. The molecular formula is C21H15BrN4. The Labute approximate surface area is 159 Å². The highest BCUT2D eigenvalue weighted by molar-refractivity contribution is 9.10. The molecule has 0 atom stereocenters. The highest BCUT2D eigenvalue weighted by Crippen LogP contribution is 2.42. The van der Waals surface area contributed by atoms with Crippen molar-refractivity contribution < 1.29 is 0 Å². The summed E-state index contributed by atoms with van der Waals surface area (Å²) in [6.45, 7) is 2.11. The second kappa shape index (κ2) is 5.81. The van der Waals surface area contributed by atoms with Gasteiger partial charge in [0.1, 0.15) is 16.1 Å². The van der Waals surface area contributed by atoms with Crippen LogP contribution >= 0.6 is 15.9 Å². The molecule has 5 heteroatoms. The van der Waals surface area contributed by atoms with Crippen LogP contribution in [0.1, 0.15) is 5.56 Å². The number of hydrogen-bond donors (Lipinski definition) is 1. The van der Waals surface area contributed by atoms with Gasteiger partial charge in [-0.05, 0) is 52.7 Å². The van der Waals surface area contributed by atoms with E-state index in [1.807, 2.05) is 30.3 Å². The van der Waals surface area contributed by atoms with Crippen LogP contribution in [0.2, 0.25) is 0 Å². The monoisotopic (exact) mass is 402 g/mol. The fourth-order valence-electron chi connectivity index (χ4n) is 3.40. The van der Waals surface area contributed by atoms with E-state index in [-0.39, 0.29) is 0 Å². The highest BCUT2D eigenvalue weighted by atomic mass is 79.9. The number of fused-ring (bicyclic) bond motifs is 5. The zero-order chi connectivity index (χ0) is 17.7. The standard InChI is InChI=1S/C21H15BrN4/c1-13-7-2-3-8-14(13)18-19(22)26-17-11-6-12-23-20(17)24-16-10-5-4-9-15(16)21(26)25-18/h2-12H,1H3,(H,23,24). The quantitative estimate of drug-likeness (QED) is 0.389. The maximum absolute atomic E-state index is 5.03. The second-order valence-electron chi connectivity index (χ2n) is 6.27. The third-order valence-corrected chi connectivity index (χ3v) is 5.40. The van der Waals surface area contributed by atoms with E-state index in [2.05, 4.69) is 68.1 Å². The minimum absolute atomic E-state index is 0.813. The molecule has 5 rings (SSSR count). The lowest BCUT2D eigenvalue weighted by Gasteiger charge is -2.10. The molecule has 0 fully saturated rings. The van der Waals surface area contributed by atoms with Gasteiger partial charge in [0.2, 0.25) is 0 Å². The van der Waals surface area contributed by atoms with E-state index in [9.17, 15) is 0 Å². The van der Waals surface area contributed by atoms with Crippen molar-refractivity contribution in [3.05, 3.63) is 77.0 Å². The number of aromatic nitrogens is 3. The Bertz CT molecular complexity index is 1150. The van der Waals surface area contributed by atoms with Gasteiger partial charge < -0.3 is 5.32 Å². The lowest BCUT2D eigenvalue weighted by Crippen LogP contribution is -1.99. The first-order chi connectivity index (χ1) is 12.7. The van der Waals surface area contributed by atoms with Crippen molar-refractivity contribution in [2.75, 3.05) is 5.32 Å². The van der Waals surface area contributed by atoms with Crippen LogP contribution in [-0.2, 0) is 0 Å². The number of anilines is 2. The van der Waals surface area contributed by atoms with Crippen LogP contribution in [0.5, 0.6) is 0 Å². The maximum Gasteiger partial charge on any atom is 0.154 e. The first-order valence-corrected chi connectivity index (χ1v) is 9.19. The number of halogens is 1. The summed E-state index contributed by atoms with van der Waals surface area (Å²) in [4.78, 5) is 9.57.